The summed E-state index contributed by atoms with van der Waals surface area (Å²) >= 11 is 10.6. The third kappa shape index (κ3) is 6.38. The van der Waals surface area contributed by atoms with Gasteiger partial charge >= 0.3 is 0 Å². The average molecular weight is 514 g/mol. The summed E-state index contributed by atoms with van der Waals surface area (Å²) in [5.74, 6) is -0.253. The van der Waals surface area contributed by atoms with Gasteiger partial charge in [-0.3, -0.25) is 4.79 Å². The van der Waals surface area contributed by atoms with Crippen molar-refractivity contribution in [3.05, 3.63) is 86.0 Å². The summed E-state index contributed by atoms with van der Waals surface area (Å²) in [6.45, 7) is 0.340. The van der Waals surface area contributed by atoms with Gasteiger partial charge in [0, 0.05) is 27.3 Å². The lowest BCUT2D eigenvalue weighted by Crippen LogP contribution is -2.33. The van der Waals surface area contributed by atoms with Crippen molar-refractivity contribution < 1.29 is 13.2 Å². The Morgan fingerprint density at radius 1 is 1.07 bits per heavy atom. The van der Waals surface area contributed by atoms with E-state index in [1.165, 1.54) is 23.5 Å². The topological polar surface area (TPSA) is 75.3 Å². The monoisotopic (exact) mass is 512 g/mol. The molecule has 0 bridgehead atoms. The minimum atomic E-state index is -3.78. The molecule has 0 spiro atoms. The summed E-state index contributed by atoms with van der Waals surface area (Å²) in [6.07, 6.45) is -0.0101. The molecule has 0 aliphatic carbocycles. The fraction of sp³-hybridized carbons (Fsp3) is 0.150. The summed E-state index contributed by atoms with van der Waals surface area (Å²) in [4.78, 5) is 13.4. The number of carbonyl (C=O) groups is 1. The van der Waals surface area contributed by atoms with Crippen molar-refractivity contribution in [1.29, 1.82) is 0 Å². The van der Waals surface area contributed by atoms with Gasteiger partial charge in [-0.1, -0.05) is 45.7 Å². The Morgan fingerprint density at radius 2 is 1.76 bits per heavy atom. The molecular formula is C20H18BrClN2O3S2. The minimum Gasteiger partial charge on any atom is -0.352 e. The molecule has 29 heavy (non-hydrogen) atoms. The highest BCUT2D eigenvalue weighted by molar-refractivity contribution is 9.10. The second-order valence-corrected chi connectivity index (χ2v) is 10.3. The summed E-state index contributed by atoms with van der Waals surface area (Å²) in [5, 5.41) is 5.30. The van der Waals surface area contributed by atoms with Crippen LogP contribution in [0.1, 0.15) is 22.9 Å². The normalized spacial score (nSPS) is 12.5. The number of halogens is 2. The maximum atomic E-state index is 12.8. The lowest BCUT2D eigenvalue weighted by Gasteiger charge is -2.18. The second kappa shape index (κ2) is 9.86. The number of nitrogens with one attached hydrogen (secondary N) is 2. The number of rotatable bonds is 8. The maximum Gasteiger partial charge on any atom is 0.241 e. The van der Waals surface area contributed by atoms with Crippen molar-refractivity contribution in [1.82, 2.24) is 10.0 Å². The van der Waals surface area contributed by atoms with Crippen LogP contribution in [0.3, 0.4) is 0 Å². The van der Waals surface area contributed by atoms with E-state index in [0.29, 0.717) is 11.6 Å². The summed E-state index contributed by atoms with van der Waals surface area (Å²) in [6, 6.07) is 16.5. The second-order valence-electron chi connectivity index (χ2n) is 6.25. The predicted molar refractivity (Wildman–Crippen MR) is 119 cm³/mol. The van der Waals surface area contributed by atoms with Crippen LogP contribution in [0.2, 0.25) is 5.02 Å². The number of benzene rings is 2. The molecular weight excluding hydrogens is 496 g/mol. The van der Waals surface area contributed by atoms with Gasteiger partial charge in [-0.25, -0.2) is 13.1 Å². The molecule has 1 heterocycles. The van der Waals surface area contributed by atoms with Crippen molar-refractivity contribution >= 4 is 54.8 Å². The molecule has 0 radical (unpaired) electrons. The first-order valence-corrected chi connectivity index (χ1v) is 12.2. The summed E-state index contributed by atoms with van der Waals surface area (Å²) in [7, 11) is -3.78. The van der Waals surface area contributed by atoms with E-state index in [2.05, 4.69) is 26.0 Å². The Hall–Kier alpha value is -1.71. The quantitative estimate of drug-likeness (QED) is 0.450. The predicted octanol–water partition coefficient (Wildman–Crippen LogP) is 4.89. The zero-order valence-corrected chi connectivity index (χ0v) is 19.1. The van der Waals surface area contributed by atoms with Crippen LogP contribution in [0.15, 0.2) is 75.4 Å². The SMILES string of the molecule is O=C(CC(NS(=O)(=O)c1ccc(Br)cc1)c1cccs1)NCc1ccc(Cl)cc1. The van der Waals surface area contributed by atoms with Crippen LogP contribution in [0, 0.1) is 0 Å². The van der Waals surface area contributed by atoms with Crippen LogP contribution in [-0.2, 0) is 21.4 Å². The molecule has 0 aliphatic heterocycles. The zero-order valence-electron chi connectivity index (χ0n) is 15.1. The highest BCUT2D eigenvalue weighted by Gasteiger charge is 2.24. The van der Waals surface area contributed by atoms with Crippen LogP contribution < -0.4 is 10.0 Å². The van der Waals surface area contributed by atoms with Crippen LogP contribution in [0.25, 0.3) is 0 Å². The molecule has 1 atom stereocenters. The zero-order chi connectivity index (χ0) is 20.9. The van der Waals surface area contributed by atoms with Crippen molar-refractivity contribution in [2.45, 2.75) is 23.9 Å². The lowest BCUT2D eigenvalue weighted by molar-refractivity contribution is -0.121. The number of hydrogen-bond donors (Lipinski definition) is 2. The minimum absolute atomic E-state index is 0.0101. The fourth-order valence-corrected chi connectivity index (χ4v) is 5.08. The number of amides is 1. The Morgan fingerprint density at radius 3 is 2.38 bits per heavy atom. The molecule has 1 unspecified atom stereocenters. The van der Waals surface area contributed by atoms with E-state index in [1.807, 2.05) is 29.6 Å². The molecule has 1 aromatic heterocycles. The fourth-order valence-electron chi connectivity index (χ4n) is 2.62. The van der Waals surface area contributed by atoms with Crippen LogP contribution in [0.5, 0.6) is 0 Å². The van der Waals surface area contributed by atoms with Crippen molar-refractivity contribution in [2.24, 2.45) is 0 Å². The first-order valence-electron chi connectivity index (χ1n) is 8.66. The molecule has 1 amide bonds. The van der Waals surface area contributed by atoms with Gasteiger partial charge < -0.3 is 5.32 Å². The molecule has 2 aromatic carbocycles. The van der Waals surface area contributed by atoms with Gasteiger partial charge in [0.05, 0.1) is 10.9 Å². The molecule has 0 fully saturated rings. The standard InChI is InChI=1S/C20H18BrClN2O3S2/c21-15-5-9-17(10-6-15)29(26,27)24-18(19-2-1-11-28-19)12-20(25)23-13-14-3-7-16(22)8-4-14/h1-11,18,24H,12-13H2,(H,23,25). The van der Waals surface area contributed by atoms with Gasteiger partial charge in [0.15, 0.2) is 0 Å². The van der Waals surface area contributed by atoms with E-state index >= 15 is 0 Å². The molecule has 9 heteroatoms. The Labute approximate surface area is 187 Å². The van der Waals surface area contributed by atoms with Crippen LogP contribution in [0.4, 0.5) is 0 Å². The molecule has 0 saturated carbocycles. The molecule has 152 valence electrons. The molecule has 3 aromatic rings. The van der Waals surface area contributed by atoms with Crippen molar-refractivity contribution in [2.75, 3.05) is 0 Å². The van der Waals surface area contributed by atoms with E-state index in [4.69, 9.17) is 11.6 Å². The van der Waals surface area contributed by atoms with E-state index in [-0.39, 0.29) is 17.2 Å². The lowest BCUT2D eigenvalue weighted by atomic mass is 10.1. The van der Waals surface area contributed by atoms with E-state index in [1.54, 1.807) is 24.3 Å². The molecule has 3 rings (SSSR count). The van der Waals surface area contributed by atoms with Crippen molar-refractivity contribution in [3.8, 4) is 0 Å². The number of thiophene rings is 1. The summed E-state index contributed by atoms with van der Waals surface area (Å²) in [5.41, 5.74) is 0.908. The Balaban J connectivity index is 1.69. The largest absolute Gasteiger partial charge is 0.352 e. The molecule has 5 nitrogen and oxygen atoms in total. The van der Waals surface area contributed by atoms with Gasteiger partial charge in [0.1, 0.15) is 0 Å². The Bertz CT molecular complexity index is 1050. The van der Waals surface area contributed by atoms with E-state index < -0.39 is 16.1 Å². The molecule has 2 N–H and O–H groups in total. The van der Waals surface area contributed by atoms with E-state index in [0.717, 1.165) is 14.9 Å². The first kappa shape index (κ1) is 22.0. The van der Waals surface area contributed by atoms with E-state index in [9.17, 15) is 13.2 Å². The smallest absolute Gasteiger partial charge is 0.241 e. The third-order valence-corrected chi connectivity index (χ3v) is 7.35. The van der Waals surface area contributed by atoms with Gasteiger partial charge in [-0.2, -0.15) is 0 Å². The third-order valence-electron chi connectivity index (χ3n) is 4.10. The molecule has 0 saturated heterocycles. The van der Waals surface area contributed by atoms with Gasteiger partial charge in [0.2, 0.25) is 15.9 Å². The van der Waals surface area contributed by atoms with Gasteiger partial charge in [-0.15, -0.1) is 11.3 Å². The summed E-state index contributed by atoms with van der Waals surface area (Å²) < 4.78 is 29.0. The van der Waals surface area contributed by atoms with Crippen molar-refractivity contribution in [3.63, 3.8) is 0 Å². The average Bonchev–Trinajstić information content (AvgIpc) is 3.22. The maximum absolute atomic E-state index is 12.8. The first-order chi connectivity index (χ1) is 13.8. The number of sulfonamides is 1. The van der Waals surface area contributed by atoms with Crippen LogP contribution in [-0.4, -0.2) is 14.3 Å². The molecule has 0 aliphatic rings. The highest BCUT2D eigenvalue weighted by Crippen LogP contribution is 2.25. The van der Waals surface area contributed by atoms with Crippen LogP contribution >= 0.6 is 38.9 Å². The number of carbonyl (C=O) groups excluding carboxylic acids is 1. The number of hydrogen-bond acceptors (Lipinski definition) is 4. The van der Waals surface area contributed by atoms with Gasteiger partial charge in [0.25, 0.3) is 0 Å². The Kier molecular flexibility index (Phi) is 7.48. The highest BCUT2D eigenvalue weighted by atomic mass is 79.9. The van der Waals surface area contributed by atoms with Gasteiger partial charge in [-0.05, 0) is 53.4 Å².